The van der Waals surface area contributed by atoms with E-state index in [0.29, 0.717) is 6.42 Å². The molecular formula is C16H24N2O2. The van der Waals surface area contributed by atoms with Crippen LogP contribution >= 0.6 is 0 Å². The lowest BCUT2D eigenvalue weighted by molar-refractivity contribution is -0.124. The third-order valence-electron chi connectivity index (χ3n) is 4.09. The second kappa shape index (κ2) is 5.83. The minimum Gasteiger partial charge on any atom is -0.490 e. The molecule has 2 atom stereocenters. The lowest BCUT2D eigenvalue weighted by Crippen LogP contribution is -2.54. The number of ether oxygens (including phenoxy) is 1. The van der Waals surface area contributed by atoms with Crippen LogP contribution in [-0.4, -0.2) is 24.1 Å². The fourth-order valence-electron chi connectivity index (χ4n) is 2.92. The average Bonchev–Trinajstić information content (AvgIpc) is 2.79. The number of hydrogen-bond donors (Lipinski definition) is 2. The lowest BCUT2D eigenvalue weighted by Gasteiger charge is -2.26. The van der Waals surface area contributed by atoms with Crippen LogP contribution in [0.2, 0.25) is 0 Å². The van der Waals surface area contributed by atoms with Crippen molar-refractivity contribution in [3.63, 3.8) is 0 Å². The fraction of sp³-hybridized carbons (Fsp3) is 0.562. The van der Waals surface area contributed by atoms with Gasteiger partial charge in [0.05, 0.1) is 0 Å². The molecule has 1 aromatic carbocycles. The molecule has 0 heterocycles. The van der Waals surface area contributed by atoms with Gasteiger partial charge in [-0.05, 0) is 50.4 Å². The summed E-state index contributed by atoms with van der Waals surface area (Å²) in [6.45, 7) is 6.81. The summed E-state index contributed by atoms with van der Waals surface area (Å²) < 4.78 is 6.09. The largest absolute Gasteiger partial charge is 0.490 e. The quantitative estimate of drug-likeness (QED) is 0.865. The van der Waals surface area contributed by atoms with E-state index in [1.807, 2.05) is 26.8 Å². The molecule has 1 amide bonds. The maximum absolute atomic E-state index is 11.7. The zero-order valence-corrected chi connectivity index (χ0v) is 12.5. The molecule has 110 valence electrons. The SMILES string of the molecule is CCNC1(C(N)=O)CCC(Oc2cc(C)ccc2C)C1. The number of nitrogens with one attached hydrogen (secondary N) is 1. The Kier molecular flexibility index (Phi) is 4.33. The molecule has 2 rings (SSSR count). The van der Waals surface area contributed by atoms with E-state index >= 15 is 0 Å². The Bertz CT molecular complexity index is 501. The van der Waals surface area contributed by atoms with E-state index in [1.165, 1.54) is 5.56 Å². The molecule has 1 fully saturated rings. The van der Waals surface area contributed by atoms with Crippen LogP contribution in [0.1, 0.15) is 37.3 Å². The maximum Gasteiger partial charge on any atom is 0.237 e. The zero-order valence-electron chi connectivity index (χ0n) is 12.5. The van der Waals surface area contributed by atoms with Gasteiger partial charge in [-0.3, -0.25) is 4.79 Å². The van der Waals surface area contributed by atoms with Crippen LogP contribution < -0.4 is 15.8 Å². The Morgan fingerprint density at radius 1 is 1.50 bits per heavy atom. The van der Waals surface area contributed by atoms with Gasteiger partial charge in [-0.1, -0.05) is 19.1 Å². The third kappa shape index (κ3) is 2.96. The van der Waals surface area contributed by atoms with E-state index in [4.69, 9.17) is 10.5 Å². The van der Waals surface area contributed by atoms with E-state index in [-0.39, 0.29) is 12.0 Å². The molecule has 4 nitrogen and oxygen atoms in total. The van der Waals surface area contributed by atoms with Gasteiger partial charge in [0, 0.05) is 6.42 Å². The van der Waals surface area contributed by atoms with Crippen molar-refractivity contribution in [1.82, 2.24) is 5.32 Å². The standard InChI is InChI=1S/C16H24N2O2/c1-4-18-16(15(17)19)8-7-13(10-16)20-14-9-11(2)5-6-12(14)3/h5-6,9,13,18H,4,7-8,10H2,1-3H3,(H2,17,19). The van der Waals surface area contributed by atoms with Crippen molar-refractivity contribution in [3.05, 3.63) is 29.3 Å². The fourth-order valence-corrected chi connectivity index (χ4v) is 2.92. The number of aryl methyl sites for hydroxylation is 2. The van der Waals surface area contributed by atoms with Crippen molar-refractivity contribution < 1.29 is 9.53 Å². The highest BCUT2D eigenvalue weighted by Crippen LogP contribution is 2.33. The molecule has 1 aliphatic rings. The molecule has 3 N–H and O–H groups in total. The Morgan fingerprint density at radius 3 is 2.90 bits per heavy atom. The molecule has 1 aliphatic carbocycles. The summed E-state index contributed by atoms with van der Waals surface area (Å²) in [5.41, 5.74) is 7.27. The van der Waals surface area contributed by atoms with Crippen LogP contribution in [0, 0.1) is 13.8 Å². The van der Waals surface area contributed by atoms with Crippen LogP contribution in [-0.2, 0) is 4.79 Å². The van der Waals surface area contributed by atoms with Crippen molar-refractivity contribution in [1.29, 1.82) is 0 Å². The lowest BCUT2D eigenvalue weighted by atomic mass is 9.96. The number of primary amides is 1. The van der Waals surface area contributed by atoms with Crippen LogP contribution in [0.25, 0.3) is 0 Å². The van der Waals surface area contributed by atoms with Gasteiger partial charge >= 0.3 is 0 Å². The first-order valence-corrected chi connectivity index (χ1v) is 7.25. The Hall–Kier alpha value is -1.55. The van der Waals surface area contributed by atoms with Crippen LogP contribution in [0.15, 0.2) is 18.2 Å². The minimum atomic E-state index is -0.600. The van der Waals surface area contributed by atoms with Gasteiger partial charge in [0.25, 0.3) is 0 Å². The second-order valence-corrected chi connectivity index (χ2v) is 5.73. The second-order valence-electron chi connectivity index (χ2n) is 5.73. The number of amides is 1. The molecule has 0 aliphatic heterocycles. The predicted octanol–water partition coefficient (Wildman–Crippen LogP) is 2.07. The topological polar surface area (TPSA) is 64.3 Å². The summed E-state index contributed by atoms with van der Waals surface area (Å²) in [7, 11) is 0. The number of likely N-dealkylation sites (N-methyl/N-ethyl adjacent to an activating group) is 1. The summed E-state index contributed by atoms with van der Waals surface area (Å²) >= 11 is 0. The summed E-state index contributed by atoms with van der Waals surface area (Å²) in [6.07, 6.45) is 2.28. The number of benzene rings is 1. The van der Waals surface area contributed by atoms with Gasteiger partial charge < -0.3 is 15.8 Å². The number of nitrogens with two attached hydrogens (primary N) is 1. The van der Waals surface area contributed by atoms with Crippen molar-refractivity contribution >= 4 is 5.91 Å². The zero-order chi connectivity index (χ0) is 14.8. The normalized spacial score (nSPS) is 25.6. The first-order chi connectivity index (χ1) is 9.47. The van der Waals surface area contributed by atoms with Crippen LogP contribution in [0.3, 0.4) is 0 Å². The molecule has 4 heteroatoms. The molecule has 2 unspecified atom stereocenters. The third-order valence-corrected chi connectivity index (χ3v) is 4.09. The summed E-state index contributed by atoms with van der Waals surface area (Å²) in [5.74, 6) is 0.637. The highest BCUT2D eigenvalue weighted by molar-refractivity contribution is 5.85. The van der Waals surface area contributed by atoms with Gasteiger partial charge in [0.1, 0.15) is 17.4 Å². The van der Waals surface area contributed by atoms with Gasteiger partial charge in [0.15, 0.2) is 0 Å². The van der Waals surface area contributed by atoms with E-state index in [1.54, 1.807) is 0 Å². The molecule has 0 spiro atoms. The summed E-state index contributed by atoms with van der Waals surface area (Å²) in [5, 5.41) is 3.24. The summed E-state index contributed by atoms with van der Waals surface area (Å²) in [4.78, 5) is 11.7. The molecule has 0 aromatic heterocycles. The Balaban J connectivity index is 2.09. The van der Waals surface area contributed by atoms with Gasteiger partial charge in [0.2, 0.25) is 5.91 Å². The van der Waals surface area contributed by atoms with E-state index in [0.717, 1.165) is 30.7 Å². The van der Waals surface area contributed by atoms with Crippen LogP contribution in [0.5, 0.6) is 5.75 Å². The molecule has 20 heavy (non-hydrogen) atoms. The van der Waals surface area contributed by atoms with E-state index < -0.39 is 5.54 Å². The Labute approximate surface area is 120 Å². The van der Waals surface area contributed by atoms with E-state index in [9.17, 15) is 4.79 Å². The predicted molar refractivity (Wildman–Crippen MR) is 79.8 cm³/mol. The van der Waals surface area contributed by atoms with Crippen molar-refractivity contribution in [3.8, 4) is 5.75 Å². The van der Waals surface area contributed by atoms with E-state index in [2.05, 4.69) is 17.4 Å². The highest BCUT2D eigenvalue weighted by atomic mass is 16.5. The molecular weight excluding hydrogens is 252 g/mol. The molecule has 0 bridgehead atoms. The van der Waals surface area contributed by atoms with Gasteiger partial charge in [-0.15, -0.1) is 0 Å². The number of hydrogen-bond acceptors (Lipinski definition) is 3. The Morgan fingerprint density at radius 2 is 2.25 bits per heavy atom. The summed E-state index contributed by atoms with van der Waals surface area (Å²) in [6, 6.07) is 6.18. The minimum absolute atomic E-state index is 0.0436. The highest BCUT2D eigenvalue weighted by Gasteiger charge is 2.44. The first-order valence-electron chi connectivity index (χ1n) is 7.25. The molecule has 0 saturated heterocycles. The van der Waals surface area contributed by atoms with Crippen LogP contribution in [0.4, 0.5) is 0 Å². The average molecular weight is 276 g/mol. The monoisotopic (exact) mass is 276 g/mol. The maximum atomic E-state index is 11.7. The number of rotatable bonds is 5. The number of carbonyl (C=O) groups is 1. The van der Waals surface area contributed by atoms with Crippen molar-refractivity contribution in [2.45, 2.75) is 51.7 Å². The first kappa shape index (κ1) is 14.9. The van der Waals surface area contributed by atoms with Gasteiger partial charge in [-0.2, -0.15) is 0 Å². The number of carbonyl (C=O) groups excluding carboxylic acids is 1. The molecule has 1 aromatic rings. The van der Waals surface area contributed by atoms with Gasteiger partial charge in [-0.25, -0.2) is 0 Å². The smallest absolute Gasteiger partial charge is 0.237 e. The van der Waals surface area contributed by atoms with Crippen molar-refractivity contribution in [2.75, 3.05) is 6.54 Å². The van der Waals surface area contributed by atoms with Crippen molar-refractivity contribution in [2.24, 2.45) is 5.73 Å². The molecule has 1 saturated carbocycles. The molecule has 0 radical (unpaired) electrons.